The van der Waals surface area contributed by atoms with Crippen LogP contribution in [0.15, 0.2) is 24.8 Å². The van der Waals surface area contributed by atoms with E-state index in [1.54, 1.807) is 23.3 Å². The minimum absolute atomic E-state index is 0.259. The normalized spacial score (nSPS) is 10.7. The van der Waals surface area contributed by atoms with Gasteiger partial charge in [0.25, 0.3) is 5.91 Å². The highest BCUT2D eigenvalue weighted by Crippen LogP contribution is 2.10. The van der Waals surface area contributed by atoms with Gasteiger partial charge in [0.1, 0.15) is 5.69 Å². The predicted molar refractivity (Wildman–Crippen MR) is 67.3 cm³/mol. The molecule has 6 heteroatoms. The van der Waals surface area contributed by atoms with Crippen LogP contribution < -0.4 is 5.32 Å². The molecule has 6 nitrogen and oxygen atoms in total. The number of anilines is 1. The molecule has 0 radical (unpaired) electrons. The maximum Gasteiger partial charge on any atom is 0.275 e. The minimum Gasteiger partial charge on any atom is -0.318 e. The quantitative estimate of drug-likeness (QED) is 0.895. The first-order valence-electron chi connectivity index (χ1n) is 5.70. The Morgan fingerprint density at radius 2 is 2.06 bits per heavy atom. The molecule has 1 N–H and O–H groups in total. The molecule has 0 aliphatic rings. The molecule has 0 spiro atoms. The Bertz CT molecular complexity index is 544. The second-order valence-corrected chi connectivity index (χ2v) is 4.30. The highest BCUT2D eigenvalue weighted by atomic mass is 16.1. The summed E-state index contributed by atoms with van der Waals surface area (Å²) in [6.45, 7) is 5.86. The molecule has 0 fully saturated rings. The molecule has 94 valence electrons. The summed E-state index contributed by atoms with van der Waals surface area (Å²) in [4.78, 5) is 19.9. The van der Waals surface area contributed by atoms with Crippen molar-refractivity contribution >= 4 is 11.6 Å². The lowest BCUT2D eigenvalue weighted by molar-refractivity contribution is 0.102. The van der Waals surface area contributed by atoms with E-state index >= 15 is 0 Å². The highest BCUT2D eigenvalue weighted by Gasteiger charge is 2.09. The van der Waals surface area contributed by atoms with Crippen molar-refractivity contribution in [2.75, 3.05) is 5.32 Å². The van der Waals surface area contributed by atoms with Gasteiger partial charge in [0, 0.05) is 18.4 Å². The molecular weight excluding hydrogens is 230 g/mol. The molecule has 0 saturated carbocycles. The highest BCUT2D eigenvalue weighted by molar-refractivity contribution is 6.02. The molecule has 0 bridgehead atoms. The molecule has 0 aliphatic carbocycles. The van der Waals surface area contributed by atoms with Crippen molar-refractivity contribution in [3.8, 4) is 0 Å². The lowest BCUT2D eigenvalue weighted by Gasteiger charge is -2.03. The summed E-state index contributed by atoms with van der Waals surface area (Å²) in [6.07, 6.45) is 6.41. The fourth-order valence-corrected chi connectivity index (χ4v) is 1.39. The van der Waals surface area contributed by atoms with E-state index in [4.69, 9.17) is 0 Å². The third kappa shape index (κ3) is 2.71. The van der Waals surface area contributed by atoms with Gasteiger partial charge in [-0.1, -0.05) is 0 Å². The molecule has 2 aromatic heterocycles. The average molecular weight is 245 g/mol. The van der Waals surface area contributed by atoms with Crippen LogP contribution in [-0.4, -0.2) is 25.7 Å². The zero-order valence-electron chi connectivity index (χ0n) is 10.6. The molecule has 2 rings (SSSR count). The molecule has 0 saturated heterocycles. The van der Waals surface area contributed by atoms with Crippen molar-refractivity contribution in [3.63, 3.8) is 0 Å². The van der Waals surface area contributed by atoms with E-state index in [-0.39, 0.29) is 17.6 Å². The summed E-state index contributed by atoms with van der Waals surface area (Å²) in [5.74, 6) is -0.286. The van der Waals surface area contributed by atoms with E-state index in [2.05, 4.69) is 20.4 Å². The van der Waals surface area contributed by atoms with Crippen LogP contribution in [0.4, 0.5) is 5.69 Å². The Balaban J connectivity index is 2.08. The van der Waals surface area contributed by atoms with E-state index in [1.807, 2.05) is 20.8 Å². The molecule has 0 atom stereocenters. The Hall–Kier alpha value is -2.24. The zero-order chi connectivity index (χ0) is 13.1. The summed E-state index contributed by atoms with van der Waals surface area (Å²) in [6, 6.07) is 0.259. The minimum atomic E-state index is -0.286. The molecule has 1 amide bonds. The molecule has 0 unspecified atom stereocenters. The number of aromatic nitrogens is 4. The SMILES string of the molecule is Cc1cnc(C(=O)Nc2cnn(C(C)C)c2)cn1. The third-order valence-corrected chi connectivity index (χ3v) is 2.40. The lowest BCUT2D eigenvalue weighted by Crippen LogP contribution is -2.13. The smallest absolute Gasteiger partial charge is 0.275 e. The van der Waals surface area contributed by atoms with Crippen molar-refractivity contribution in [2.24, 2.45) is 0 Å². The van der Waals surface area contributed by atoms with Crippen molar-refractivity contribution in [3.05, 3.63) is 36.2 Å². The fourth-order valence-electron chi connectivity index (χ4n) is 1.39. The van der Waals surface area contributed by atoms with Gasteiger partial charge in [-0.15, -0.1) is 0 Å². The van der Waals surface area contributed by atoms with Crippen LogP contribution in [0.2, 0.25) is 0 Å². The number of aryl methyl sites for hydroxylation is 1. The molecule has 2 aromatic rings. The van der Waals surface area contributed by atoms with Crippen LogP contribution in [0, 0.1) is 6.92 Å². The fraction of sp³-hybridized carbons (Fsp3) is 0.333. The van der Waals surface area contributed by atoms with Gasteiger partial charge in [-0.05, 0) is 20.8 Å². The number of nitrogens with zero attached hydrogens (tertiary/aromatic N) is 4. The largest absolute Gasteiger partial charge is 0.318 e. The number of carbonyl (C=O) groups is 1. The second-order valence-electron chi connectivity index (χ2n) is 4.30. The average Bonchev–Trinajstić information content (AvgIpc) is 2.78. The van der Waals surface area contributed by atoms with Crippen LogP contribution >= 0.6 is 0 Å². The summed E-state index contributed by atoms with van der Waals surface area (Å²) in [5.41, 5.74) is 1.72. The molecule has 18 heavy (non-hydrogen) atoms. The first kappa shape index (κ1) is 12.2. The number of carbonyl (C=O) groups excluding carboxylic acids is 1. The molecule has 0 aliphatic heterocycles. The van der Waals surface area contributed by atoms with Crippen LogP contribution in [0.25, 0.3) is 0 Å². The van der Waals surface area contributed by atoms with Crippen LogP contribution in [0.5, 0.6) is 0 Å². The van der Waals surface area contributed by atoms with E-state index in [0.717, 1.165) is 5.69 Å². The van der Waals surface area contributed by atoms with Gasteiger partial charge in [-0.25, -0.2) is 4.98 Å². The number of nitrogens with one attached hydrogen (secondary N) is 1. The summed E-state index contributed by atoms with van der Waals surface area (Å²) in [5, 5.41) is 6.87. The van der Waals surface area contributed by atoms with Crippen LogP contribution in [0.1, 0.15) is 36.1 Å². The van der Waals surface area contributed by atoms with Gasteiger partial charge in [-0.3, -0.25) is 14.5 Å². The van der Waals surface area contributed by atoms with E-state index in [1.165, 1.54) is 6.20 Å². The maximum atomic E-state index is 11.9. The lowest BCUT2D eigenvalue weighted by atomic mass is 10.4. The number of amides is 1. The van der Waals surface area contributed by atoms with Crippen molar-refractivity contribution in [2.45, 2.75) is 26.8 Å². The Labute approximate surface area is 105 Å². The van der Waals surface area contributed by atoms with Gasteiger partial charge < -0.3 is 5.32 Å². The van der Waals surface area contributed by atoms with Crippen LogP contribution in [0.3, 0.4) is 0 Å². The van der Waals surface area contributed by atoms with E-state index in [0.29, 0.717) is 5.69 Å². The summed E-state index contributed by atoms with van der Waals surface area (Å²) >= 11 is 0. The monoisotopic (exact) mass is 245 g/mol. The summed E-state index contributed by atoms with van der Waals surface area (Å²) < 4.78 is 1.77. The first-order chi connectivity index (χ1) is 8.56. The standard InChI is InChI=1S/C12H15N5O/c1-8(2)17-7-10(5-15-17)16-12(18)11-6-13-9(3)4-14-11/h4-8H,1-3H3,(H,16,18). The van der Waals surface area contributed by atoms with Gasteiger partial charge in [0.15, 0.2) is 0 Å². The van der Waals surface area contributed by atoms with E-state index in [9.17, 15) is 4.79 Å². The maximum absolute atomic E-state index is 11.9. The van der Waals surface area contributed by atoms with Gasteiger partial charge in [-0.2, -0.15) is 5.10 Å². The van der Waals surface area contributed by atoms with Crippen molar-refractivity contribution in [1.29, 1.82) is 0 Å². The molecule has 2 heterocycles. The number of hydrogen-bond acceptors (Lipinski definition) is 4. The van der Waals surface area contributed by atoms with Crippen molar-refractivity contribution in [1.82, 2.24) is 19.7 Å². The van der Waals surface area contributed by atoms with Gasteiger partial charge in [0.05, 0.1) is 23.8 Å². The van der Waals surface area contributed by atoms with E-state index < -0.39 is 0 Å². The van der Waals surface area contributed by atoms with Gasteiger partial charge >= 0.3 is 0 Å². The predicted octanol–water partition coefficient (Wildman–Crippen LogP) is 1.81. The second kappa shape index (κ2) is 4.95. The topological polar surface area (TPSA) is 72.7 Å². The van der Waals surface area contributed by atoms with Crippen LogP contribution in [-0.2, 0) is 0 Å². The first-order valence-corrected chi connectivity index (χ1v) is 5.70. The summed E-state index contributed by atoms with van der Waals surface area (Å²) in [7, 11) is 0. The Kier molecular flexibility index (Phi) is 3.36. The Morgan fingerprint density at radius 1 is 1.28 bits per heavy atom. The Morgan fingerprint density at radius 3 is 2.61 bits per heavy atom. The number of rotatable bonds is 3. The number of hydrogen-bond donors (Lipinski definition) is 1. The molecular formula is C12H15N5O. The zero-order valence-corrected chi connectivity index (χ0v) is 10.6. The molecule has 0 aromatic carbocycles. The third-order valence-electron chi connectivity index (χ3n) is 2.40. The van der Waals surface area contributed by atoms with Gasteiger partial charge in [0.2, 0.25) is 0 Å². The van der Waals surface area contributed by atoms with Crippen molar-refractivity contribution < 1.29 is 4.79 Å².